The number of carboxylic acids is 1. The van der Waals surface area contributed by atoms with Crippen molar-refractivity contribution in [2.75, 3.05) is 7.05 Å². The fourth-order valence-corrected chi connectivity index (χ4v) is 3.48. The zero-order valence-corrected chi connectivity index (χ0v) is 13.2. The van der Waals surface area contributed by atoms with Crippen LogP contribution < -0.4 is 0 Å². The molecule has 1 aromatic rings. The number of aromatic nitrogens is 1. The number of nitrogens with zero attached hydrogens (tertiary/aromatic N) is 1. The number of rotatable bonds is 3. The Morgan fingerprint density at radius 2 is 1.86 bits per heavy atom. The van der Waals surface area contributed by atoms with Crippen LogP contribution in [0.25, 0.3) is 0 Å². The van der Waals surface area contributed by atoms with Gasteiger partial charge in [0.05, 0.1) is 5.56 Å². The number of hydrogen-bond donors (Lipinski definition) is 2. The summed E-state index contributed by atoms with van der Waals surface area (Å²) in [5.41, 5.74) is 1.78. The first-order valence-electron chi connectivity index (χ1n) is 7.54. The molecule has 0 bridgehead atoms. The Morgan fingerprint density at radius 3 is 2.38 bits per heavy atom. The van der Waals surface area contributed by atoms with Crippen molar-refractivity contribution in [2.45, 2.75) is 52.5 Å². The lowest BCUT2D eigenvalue weighted by Crippen LogP contribution is -2.42. The molecular weight excluding hydrogens is 268 g/mol. The van der Waals surface area contributed by atoms with Crippen molar-refractivity contribution < 1.29 is 14.7 Å². The normalized spacial score (nSPS) is 22.1. The van der Waals surface area contributed by atoms with Crippen molar-refractivity contribution in [3.05, 3.63) is 22.5 Å². The molecule has 2 atom stereocenters. The van der Waals surface area contributed by atoms with Crippen LogP contribution in [-0.4, -0.2) is 40.0 Å². The SMILES string of the molecule is Cc1[nH]c(C(=O)O)c(C)c1C(=O)N(C)C1CCCCC1C. The van der Waals surface area contributed by atoms with Crippen LogP contribution in [0.4, 0.5) is 0 Å². The van der Waals surface area contributed by atoms with Crippen LogP contribution in [0.2, 0.25) is 0 Å². The van der Waals surface area contributed by atoms with Crippen molar-refractivity contribution in [1.29, 1.82) is 0 Å². The molecule has 5 heteroatoms. The molecule has 1 aromatic heterocycles. The molecule has 0 saturated heterocycles. The van der Waals surface area contributed by atoms with Crippen molar-refractivity contribution in [1.82, 2.24) is 9.88 Å². The van der Waals surface area contributed by atoms with Gasteiger partial charge in [0.2, 0.25) is 0 Å². The summed E-state index contributed by atoms with van der Waals surface area (Å²) in [5, 5.41) is 9.16. The third kappa shape index (κ3) is 2.82. The summed E-state index contributed by atoms with van der Waals surface area (Å²) >= 11 is 0. The molecule has 116 valence electrons. The van der Waals surface area contributed by atoms with Gasteiger partial charge < -0.3 is 15.0 Å². The van der Waals surface area contributed by atoms with Crippen molar-refractivity contribution in [2.24, 2.45) is 5.92 Å². The van der Waals surface area contributed by atoms with Gasteiger partial charge in [-0.05, 0) is 38.2 Å². The van der Waals surface area contributed by atoms with Crippen LogP contribution in [0.1, 0.15) is 64.7 Å². The van der Waals surface area contributed by atoms with E-state index in [1.54, 1.807) is 18.7 Å². The highest BCUT2D eigenvalue weighted by Crippen LogP contribution is 2.29. The Bertz CT molecular complexity index is 562. The average Bonchev–Trinajstić information content (AvgIpc) is 2.73. The number of aromatic amines is 1. The molecule has 1 heterocycles. The Kier molecular flexibility index (Phi) is 4.40. The Morgan fingerprint density at radius 1 is 1.24 bits per heavy atom. The van der Waals surface area contributed by atoms with E-state index in [0.29, 0.717) is 22.7 Å². The molecule has 1 amide bonds. The van der Waals surface area contributed by atoms with E-state index in [1.807, 2.05) is 7.05 Å². The molecule has 21 heavy (non-hydrogen) atoms. The third-order valence-corrected chi connectivity index (χ3v) is 4.75. The van der Waals surface area contributed by atoms with Crippen LogP contribution >= 0.6 is 0 Å². The highest BCUT2D eigenvalue weighted by Gasteiger charge is 2.31. The molecule has 1 saturated carbocycles. The first-order chi connectivity index (χ1) is 9.84. The average molecular weight is 292 g/mol. The van der Waals surface area contributed by atoms with E-state index in [9.17, 15) is 9.59 Å². The molecule has 0 aromatic carbocycles. The second kappa shape index (κ2) is 5.92. The summed E-state index contributed by atoms with van der Waals surface area (Å²) in [6, 6.07) is 0.244. The maximum absolute atomic E-state index is 12.8. The topological polar surface area (TPSA) is 73.4 Å². The van der Waals surface area contributed by atoms with Crippen molar-refractivity contribution in [3.63, 3.8) is 0 Å². The second-order valence-electron chi connectivity index (χ2n) is 6.18. The Balaban J connectivity index is 2.29. The maximum atomic E-state index is 12.8. The minimum absolute atomic E-state index is 0.0764. The minimum atomic E-state index is -1.02. The molecular formula is C16H24N2O3. The monoisotopic (exact) mass is 292 g/mol. The van der Waals surface area contributed by atoms with Gasteiger partial charge >= 0.3 is 5.97 Å². The number of hydrogen-bond acceptors (Lipinski definition) is 2. The molecule has 1 aliphatic carbocycles. The standard InChI is InChI=1S/C16H24N2O3/c1-9-7-5-6-8-12(9)18(4)15(19)13-10(2)14(16(20)21)17-11(13)3/h9,12,17H,5-8H2,1-4H3,(H,20,21). The number of carboxylic acid groups (broad SMARTS) is 1. The molecule has 0 radical (unpaired) electrons. The Hall–Kier alpha value is -1.78. The van der Waals surface area contributed by atoms with E-state index in [4.69, 9.17) is 5.11 Å². The predicted octanol–water partition coefficient (Wildman–Crippen LogP) is 2.98. The van der Waals surface area contributed by atoms with E-state index in [2.05, 4.69) is 11.9 Å². The van der Waals surface area contributed by atoms with Crippen LogP contribution in [-0.2, 0) is 0 Å². The number of amides is 1. The largest absolute Gasteiger partial charge is 0.477 e. The van der Waals surface area contributed by atoms with Crippen LogP contribution in [0.5, 0.6) is 0 Å². The second-order valence-corrected chi connectivity index (χ2v) is 6.18. The van der Waals surface area contributed by atoms with Crippen molar-refractivity contribution in [3.8, 4) is 0 Å². The van der Waals surface area contributed by atoms with E-state index in [1.165, 1.54) is 6.42 Å². The molecule has 0 aliphatic heterocycles. The summed E-state index contributed by atoms with van der Waals surface area (Å²) in [7, 11) is 1.83. The van der Waals surface area contributed by atoms with Gasteiger partial charge in [0.15, 0.2) is 0 Å². The lowest BCUT2D eigenvalue weighted by molar-refractivity contribution is 0.0627. The first-order valence-corrected chi connectivity index (χ1v) is 7.54. The summed E-state index contributed by atoms with van der Waals surface area (Å²) in [4.78, 5) is 28.6. The lowest BCUT2D eigenvalue weighted by Gasteiger charge is -2.36. The number of aryl methyl sites for hydroxylation is 1. The van der Waals surface area contributed by atoms with Gasteiger partial charge in [-0.15, -0.1) is 0 Å². The molecule has 2 rings (SSSR count). The van der Waals surface area contributed by atoms with Gasteiger partial charge in [0.1, 0.15) is 5.69 Å². The first kappa shape index (κ1) is 15.6. The molecule has 2 N–H and O–H groups in total. The number of carbonyl (C=O) groups excluding carboxylic acids is 1. The fraction of sp³-hybridized carbons (Fsp3) is 0.625. The fourth-order valence-electron chi connectivity index (χ4n) is 3.48. The van der Waals surface area contributed by atoms with Gasteiger partial charge in [-0.3, -0.25) is 4.79 Å². The zero-order chi connectivity index (χ0) is 15.7. The van der Waals surface area contributed by atoms with Gasteiger partial charge in [-0.25, -0.2) is 4.79 Å². The maximum Gasteiger partial charge on any atom is 0.352 e. The Labute approximate surface area is 125 Å². The summed E-state index contributed by atoms with van der Waals surface area (Å²) in [5.74, 6) is -0.609. The molecule has 1 fully saturated rings. The van der Waals surface area contributed by atoms with E-state index >= 15 is 0 Å². The predicted molar refractivity (Wildman–Crippen MR) is 80.7 cm³/mol. The number of carbonyl (C=O) groups is 2. The quantitative estimate of drug-likeness (QED) is 0.899. The summed E-state index contributed by atoms with van der Waals surface area (Å²) < 4.78 is 0. The van der Waals surface area contributed by atoms with E-state index in [-0.39, 0.29) is 17.6 Å². The minimum Gasteiger partial charge on any atom is -0.477 e. The third-order valence-electron chi connectivity index (χ3n) is 4.75. The molecule has 2 unspecified atom stereocenters. The number of aromatic carboxylic acids is 1. The smallest absolute Gasteiger partial charge is 0.352 e. The van der Waals surface area contributed by atoms with Gasteiger partial charge in [0.25, 0.3) is 5.91 Å². The van der Waals surface area contributed by atoms with E-state index < -0.39 is 5.97 Å². The molecule has 0 spiro atoms. The van der Waals surface area contributed by atoms with Crippen LogP contribution in [0, 0.1) is 19.8 Å². The van der Waals surface area contributed by atoms with Crippen LogP contribution in [0.15, 0.2) is 0 Å². The zero-order valence-electron chi connectivity index (χ0n) is 13.2. The highest BCUT2D eigenvalue weighted by molar-refractivity contribution is 6.00. The number of nitrogens with one attached hydrogen (secondary N) is 1. The number of H-pyrrole nitrogens is 1. The lowest BCUT2D eigenvalue weighted by atomic mass is 9.85. The summed E-state index contributed by atoms with van der Waals surface area (Å²) in [6.45, 7) is 5.64. The van der Waals surface area contributed by atoms with Gasteiger partial charge in [-0.1, -0.05) is 19.8 Å². The molecule has 5 nitrogen and oxygen atoms in total. The van der Waals surface area contributed by atoms with Gasteiger partial charge in [0, 0.05) is 18.8 Å². The summed E-state index contributed by atoms with van der Waals surface area (Å²) in [6.07, 6.45) is 4.55. The van der Waals surface area contributed by atoms with Gasteiger partial charge in [-0.2, -0.15) is 0 Å². The van der Waals surface area contributed by atoms with Crippen LogP contribution in [0.3, 0.4) is 0 Å². The highest BCUT2D eigenvalue weighted by atomic mass is 16.4. The van der Waals surface area contributed by atoms with Crippen molar-refractivity contribution >= 4 is 11.9 Å². The molecule has 1 aliphatic rings. The van der Waals surface area contributed by atoms with E-state index in [0.717, 1.165) is 19.3 Å².